The number of hydrogen-bond acceptors (Lipinski definition) is 6. The highest BCUT2D eigenvalue weighted by Gasteiger charge is 2.35. The lowest BCUT2D eigenvalue weighted by Crippen LogP contribution is -2.34. The summed E-state index contributed by atoms with van der Waals surface area (Å²) < 4.78 is 17.1. The summed E-state index contributed by atoms with van der Waals surface area (Å²) in [6.07, 6.45) is 10.3. The zero-order valence-electron chi connectivity index (χ0n) is 19.3. The van der Waals surface area contributed by atoms with E-state index < -0.39 is 0 Å². The van der Waals surface area contributed by atoms with Gasteiger partial charge in [0.25, 0.3) is 0 Å². The number of oxime groups is 1. The predicted octanol–water partition coefficient (Wildman–Crippen LogP) is 5.11. The summed E-state index contributed by atoms with van der Waals surface area (Å²) in [5, 5.41) is 13.5. The van der Waals surface area contributed by atoms with Gasteiger partial charge in [0.15, 0.2) is 11.5 Å². The molecule has 0 spiro atoms. The number of rotatable bonds is 5. The van der Waals surface area contributed by atoms with E-state index in [0.29, 0.717) is 23.8 Å². The largest absolute Gasteiger partial charge is 0.492 e. The molecule has 0 saturated heterocycles. The van der Waals surface area contributed by atoms with Crippen molar-refractivity contribution in [2.45, 2.75) is 52.5 Å². The summed E-state index contributed by atoms with van der Waals surface area (Å²) in [5.41, 5.74) is 4.56. The fourth-order valence-corrected chi connectivity index (χ4v) is 5.31. The molecule has 6 heteroatoms. The molecular formula is C25H34N2O4. The molecule has 1 aromatic carbocycles. The Hall–Kier alpha value is -2.47. The number of methoxy groups -OCH3 is 1. The van der Waals surface area contributed by atoms with Gasteiger partial charge >= 0.3 is 0 Å². The summed E-state index contributed by atoms with van der Waals surface area (Å²) in [6.45, 7) is 7.95. The summed E-state index contributed by atoms with van der Waals surface area (Å²) in [7, 11) is 3.78. The fourth-order valence-electron chi connectivity index (χ4n) is 5.31. The van der Waals surface area contributed by atoms with Crippen LogP contribution >= 0.6 is 0 Å². The number of ether oxygens (including phenoxy) is 3. The molecule has 0 radical (unpaired) electrons. The molecule has 0 amide bonds. The van der Waals surface area contributed by atoms with Gasteiger partial charge in [-0.15, -0.1) is 0 Å². The molecule has 31 heavy (non-hydrogen) atoms. The zero-order chi connectivity index (χ0) is 22.2. The van der Waals surface area contributed by atoms with Crippen molar-refractivity contribution >= 4 is 5.71 Å². The molecule has 1 aromatic rings. The molecule has 0 fully saturated rings. The van der Waals surface area contributed by atoms with Crippen LogP contribution in [0.15, 0.2) is 35.0 Å². The highest BCUT2D eigenvalue weighted by Crippen LogP contribution is 2.50. The molecule has 2 heterocycles. The van der Waals surface area contributed by atoms with Crippen LogP contribution in [-0.2, 0) is 6.42 Å². The molecule has 1 aliphatic carbocycles. The first-order valence-corrected chi connectivity index (χ1v) is 11.1. The Morgan fingerprint density at radius 1 is 1.39 bits per heavy atom. The number of likely N-dealkylation sites (N-methyl/N-ethyl adjacent to an activating group) is 1. The van der Waals surface area contributed by atoms with Gasteiger partial charge in [0, 0.05) is 30.5 Å². The van der Waals surface area contributed by atoms with Crippen LogP contribution in [0.5, 0.6) is 17.2 Å². The van der Waals surface area contributed by atoms with Crippen LogP contribution in [0.4, 0.5) is 0 Å². The Labute approximate surface area is 185 Å². The SMILES string of the molecule is COc1c2c(cc3c1[C@H](CC(/C=C\[C@H]1C(C)=CCCC1(C)C)=N\O)N(C)CC3)OCO2. The van der Waals surface area contributed by atoms with Crippen molar-refractivity contribution < 1.29 is 19.4 Å². The van der Waals surface area contributed by atoms with E-state index in [1.807, 2.05) is 6.08 Å². The van der Waals surface area contributed by atoms with Gasteiger partial charge in [0.1, 0.15) is 0 Å². The fraction of sp³-hybridized carbons (Fsp3) is 0.560. The van der Waals surface area contributed by atoms with Crippen LogP contribution in [0.25, 0.3) is 0 Å². The third kappa shape index (κ3) is 4.05. The van der Waals surface area contributed by atoms with Gasteiger partial charge in [-0.3, -0.25) is 4.90 Å². The Bertz CT molecular complexity index is 932. The average molecular weight is 427 g/mol. The van der Waals surface area contributed by atoms with Crippen LogP contribution in [0.3, 0.4) is 0 Å². The van der Waals surface area contributed by atoms with E-state index in [4.69, 9.17) is 14.2 Å². The molecule has 168 valence electrons. The second-order valence-corrected chi connectivity index (χ2v) is 9.57. The van der Waals surface area contributed by atoms with Gasteiger partial charge in [-0.25, -0.2) is 0 Å². The van der Waals surface area contributed by atoms with Gasteiger partial charge < -0.3 is 19.4 Å². The maximum atomic E-state index is 9.83. The lowest BCUT2D eigenvalue weighted by Gasteiger charge is -2.37. The smallest absolute Gasteiger partial charge is 0.231 e. The minimum absolute atomic E-state index is 0.0276. The minimum Gasteiger partial charge on any atom is -0.492 e. The van der Waals surface area contributed by atoms with E-state index in [0.717, 1.165) is 42.9 Å². The molecular weight excluding hydrogens is 392 g/mol. The lowest BCUT2D eigenvalue weighted by molar-refractivity contribution is 0.170. The van der Waals surface area contributed by atoms with E-state index in [-0.39, 0.29) is 18.2 Å². The van der Waals surface area contributed by atoms with Gasteiger partial charge in [-0.05, 0) is 56.4 Å². The highest BCUT2D eigenvalue weighted by atomic mass is 16.7. The summed E-state index contributed by atoms with van der Waals surface area (Å²) in [4.78, 5) is 2.29. The molecule has 6 nitrogen and oxygen atoms in total. The molecule has 4 rings (SSSR count). The third-order valence-electron chi connectivity index (χ3n) is 7.15. The van der Waals surface area contributed by atoms with Crippen LogP contribution in [0.2, 0.25) is 0 Å². The minimum atomic E-state index is 0.0276. The van der Waals surface area contributed by atoms with Crippen molar-refractivity contribution in [3.8, 4) is 17.2 Å². The highest BCUT2D eigenvalue weighted by molar-refractivity contribution is 5.95. The number of fused-ring (bicyclic) bond motifs is 2. The van der Waals surface area contributed by atoms with E-state index in [1.54, 1.807) is 7.11 Å². The molecule has 1 N–H and O–H groups in total. The number of benzene rings is 1. The van der Waals surface area contributed by atoms with Crippen LogP contribution in [-0.4, -0.2) is 43.3 Å². The standard InChI is InChI=1S/C25H34N2O4/c1-16-7-6-11-25(2,3)19(16)9-8-18(26-28)14-20-22-17(10-12-27(20)4)13-21-23(24(22)29-5)31-15-30-21/h7-9,13,19-20,28H,6,10-12,14-15H2,1-5H3/b9-8-,26-18-/t19-,20-/m0/s1. The van der Waals surface area contributed by atoms with Gasteiger partial charge in [0.2, 0.25) is 12.5 Å². The number of hydrogen-bond donors (Lipinski definition) is 1. The maximum absolute atomic E-state index is 9.83. The predicted molar refractivity (Wildman–Crippen MR) is 121 cm³/mol. The van der Waals surface area contributed by atoms with Crippen molar-refractivity contribution in [1.29, 1.82) is 0 Å². The van der Waals surface area contributed by atoms with Gasteiger partial charge in [-0.2, -0.15) is 0 Å². The normalized spacial score (nSPS) is 25.5. The van der Waals surface area contributed by atoms with E-state index >= 15 is 0 Å². The zero-order valence-corrected chi connectivity index (χ0v) is 19.3. The quantitative estimate of drug-likeness (QED) is 0.307. The van der Waals surface area contributed by atoms with Crippen molar-refractivity contribution in [2.24, 2.45) is 16.5 Å². The van der Waals surface area contributed by atoms with Crippen LogP contribution in [0, 0.1) is 11.3 Å². The second kappa shape index (κ2) is 8.58. The molecule has 0 aromatic heterocycles. The Kier molecular flexibility index (Phi) is 6.02. The second-order valence-electron chi connectivity index (χ2n) is 9.57. The van der Waals surface area contributed by atoms with Crippen molar-refractivity contribution in [1.82, 2.24) is 4.90 Å². The third-order valence-corrected chi connectivity index (χ3v) is 7.15. The molecule has 0 unspecified atom stereocenters. The first kappa shape index (κ1) is 21.8. The summed E-state index contributed by atoms with van der Waals surface area (Å²) in [5.74, 6) is 2.49. The maximum Gasteiger partial charge on any atom is 0.231 e. The van der Waals surface area contributed by atoms with Gasteiger partial charge in [0.05, 0.1) is 12.8 Å². The topological polar surface area (TPSA) is 63.5 Å². The Morgan fingerprint density at radius 3 is 2.90 bits per heavy atom. The van der Waals surface area contributed by atoms with Crippen LogP contribution < -0.4 is 14.2 Å². The van der Waals surface area contributed by atoms with Crippen molar-refractivity contribution in [3.63, 3.8) is 0 Å². The summed E-state index contributed by atoms with van der Waals surface area (Å²) >= 11 is 0. The van der Waals surface area contributed by atoms with E-state index in [9.17, 15) is 5.21 Å². The van der Waals surface area contributed by atoms with Crippen molar-refractivity contribution in [3.05, 3.63) is 41.0 Å². The molecule has 2 atom stereocenters. The van der Waals surface area contributed by atoms with Crippen molar-refractivity contribution in [2.75, 3.05) is 27.5 Å². The molecule has 3 aliphatic rings. The van der Waals surface area contributed by atoms with Crippen LogP contribution in [0.1, 0.15) is 57.2 Å². The molecule has 0 saturated carbocycles. The Morgan fingerprint density at radius 2 is 2.19 bits per heavy atom. The summed E-state index contributed by atoms with van der Waals surface area (Å²) in [6, 6.07) is 2.10. The van der Waals surface area contributed by atoms with E-state index in [1.165, 1.54) is 11.1 Å². The van der Waals surface area contributed by atoms with E-state index in [2.05, 4.69) is 56.1 Å². The molecule has 0 bridgehead atoms. The number of nitrogens with zero attached hydrogens (tertiary/aromatic N) is 2. The van der Waals surface area contributed by atoms with Gasteiger partial charge in [-0.1, -0.05) is 36.7 Å². The number of allylic oxidation sites excluding steroid dienone is 4. The first-order valence-electron chi connectivity index (χ1n) is 11.1. The lowest BCUT2D eigenvalue weighted by atomic mass is 9.68. The first-order chi connectivity index (χ1) is 14.9. The average Bonchev–Trinajstić information content (AvgIpc) is 3.20. The Balaban J connectivity index is 1.63. The monoisotopic (exact) mass is 426 g/mol. The molecule has 2 aliphatic heterocycles.